The lowest BCUT2D eigenvalue weighted by molar-refractivity contribution is -0.133. The van der Waals surface area contributed by atoms with Gasteiger partial charge >= 0.3 is 0 Å². The topological polar surface area (TPSA) is 57.7 Å². The van der Waals surface area contributed by atoms with Gasteiger partial charge in [0.15, 0.2) is 14.6 Å². The molecule has 0 spiro atoms. The third-order valence-corrected chi connectivity index (χ3v) is 9.69. The zero-order valence-electron chi connectivity index (χ0n) is 18.8. The summed E-state index contributed by atoms with van der Waals surface area (Å²) in [7, 11) is -3.77. The van der Waals surface area contributed by atoms with E-state index in [0.717, 1.165) is 0 Å². The number of nitrogens with zero attached hydrogens (tertiary/aromatic N) is 2. The number of amides is 1. The van der Waals surface area contributed by atoms with Crippen LogP contribution in [-0.4, -0.2) is 55.1 Å². The summed E-state index contributed by atoms with van der Waals surface area (Å²) < 4.78 is 25.4. The van der Waals surface area contributed by atoms with Gasteiger partial charge < -0.3 is 4.90 Å². The van der Waals surface area contributed by atoms with Crippen LogP contribution in [0.1, 0.15) is 30.0 Å². The van der Waals surface area contributed by atoms with Crippen LogP contribution in [0.15, 0.2) is 89.8 Å². The summed E-state index contributed by atoms with van der Waals surface area (Å²) in [6, 6.07) is 26.9. The maximum Gasteiger partial charge on any atom is 0.244 e. The summed E-state index contributed by atoms with van der Waals surface area (Å²) in [6.45, 7) is 2.37. The predicted molar refractivity (Wildman–Crippen MR) is 133 cm³/mol. The lowest BCUT2D eigenvalue weighted by Gasteiger charge is -2.40. The van der Waals surface area contributed by atoms with Crippen LogP contribution in [-0.2, 0) is 14.6 Å². The zero-order chi connectivity index (χ0) is 23.8. The highest BCUT2D eigenvalue weighted by Crippen LogP contribution is 2.48. The standard InChI is InChI=1S/C27H27ClN2O3S/c28-23-11-13-24(14-12-23)34(32,33)27(15-16-27)26(31)30-19-17-29(18-20-30)25(21-7-3-1-4-8-21)22-9-5-2-6-10-22/h1-14,25H,15-20H2. The monoisotopic (exact) mass is 494 g/mol. The molecule has 0 bridgehead atoms. The summed E-state index contributed by atoms with van der Waals surface area (Å²) in [6.07, 6.45) is 0.737. The van der Waals surface area contributed by atoms with Gasteiger partial charge in [-0.05, 0) is 48.2 Å². The van der Waals surface area contributed by atoms with Gasteiger partial charge in [0.25, 0.3) is 0 Å². The first kappa shape index (κ1) is 23.1. The second kappa shape index (κ2) is 9.17. The molecule has 3 aromatic carbocycles. The summed E-state index contributed by atoms with van der Waals surface area (Å²) >= 11 is 5.93. The molecule has 1 saturated carbocycles. The average molecular weight is 495 g/mol. The Kier molecular flexibility index (Phi) is 6.23. The van der Waals surface area contributed by atoms with Crippen molar-refractivity contribution in [2.75, 3.05) is 26.2 Å². The number of halogens is 1. The number of carbonyl (C=O) groups is 1. The Hall–Kier alpha value is -2.67. The predicted octanol–water partition coefficient (Wildman–Crippen LogP) is 4.58. The highest BCUT2D eigenvalue weighted by atomic mass is 35.5. The maximum atomic E-state index is 13.5. The van der Waals surface area contributed by atoms with Crippen molar-refractivity contribution in [3.05, 3.63) is 101 Å². The van der Waals surface area contributed by atoms with E-state index in [0.29, 0.717) is 44.0 Å². The molecule has 7 heteroatoms. The fraction of sp³-hybridized carbons (Fsp3) is 0.296. The Morgan fingerprint density at radius 1 is 0.765 bits per heavy atom. The van der Waals surface area contributed by atoms with Crippen LogP contribution < -0.4 is 0 Å². The van der Waals surface area contributed by atoms with Crippen molar-refractivity contribution in [1.29, 1.82) is 0 Å². The highest BCUT2D eigenvalue weighted by molar-refractivity contribution is 7.94. The van der Waals surface area contributed by atoms with Gasteiger partial charge in [0.05, 0.1) is 10.9 Å². The summed E-state index contributed by atoms with van der Waals surface area (Å²) in [5, 5.41) is 0.470. The first-order valence-corrected chi connectivity index (χ1v) is 13.4. The van der Waals surface area contributed by atoms with Crippen molar-refractivity contribution in [3.63, 3.8) is 0 Å². The molecular formula is C27H27ClN2O3S. The Bertz CT molecular complexity index is 1210. The minimum absolute atomic E-state index is 0.0901. The number of hydrogen-bond donors (Lipinski definition) is 0. The van der Waals surface area contributed by atoms with Gasteiger partial charge in [0.2, 0.25) is 5.91 Å². The van der Waals surface area contributed by atoms with E-state index in [1.54, 1.807) is 17.0 Å². The van der Waals surface area contributed by atoms with Crippen molar-refractivity contribution in [1.82, 2.24) is 9.80 Å². The molecule has 1 aliphatic carbocycles. The normalized spacial score (nSPS) is 18.1. The van der Waals surface area contributed by atoms with Gasteiger partial charge in [-0.1, -0.05) is 72.3 Å². The summed E-state index contributed by atoms with van der Waals surface area (Å²) in [5.41, 5.74) is 2.41. The van der Waals surface area contributed by atoms with Crippen LogP contribution in [0.5, 0.6) is 0 Å². The van der Waals surface area contributed by atoms with Crippen molar-refractivity contribution in [3.8, 4) is 0 Å². The minimum atomic E-state index is -3.77. The van der Waals surface area contributed by atoms with Crippen molar-refractivity contribution >= 4 is 27.3 Å². The molecule has 1 aliphatic heterocycles. The van der Waals surface area contributed by atoms with Gasteiger partial charge in [-0.15, -0.1) is 0 Å². The minimum Gasteiger partial charge on any atom is -0.339 e. The number of rotatable bonds is 6. The fourth-order valence-electron chi connectivity index (χ4n) is 4.91. The van der Waals surface area contributed by atoms with Gasteiger partial charge in [0.1, 0.15) is 0 Å². The molecule has 1 saturated heterocycles. The first-order chi connectivity index (χ1) is 16.4. The molecule has 2 fully saturated rings. The molecular weight excluding hydrogens is 468 g/mol. The third-order valence-electron chi connectivity index (χ3n) is 6.93. The Morgan fingerprint density at radius 2 is 1.26 bits per heavy atom. The zero-order valence-corrected chi connectivity index (χ0v) is 20.4. The van der Waals surface area contributed by atoms with Crippen molar-refractivity contribution in [2.45, 2.75) is 28.5 Å². The van der Waals surface area contributed by atoms with Crippen LogP contribution in [0.25, 0.3) is 0 Å². The number of sulfone groups is 1. The number of hydrogen-bond acceptors (Lipinski definition) is 4. The van der Waals surface area contributed by atoms with E-state index in [1.807, 2.05) is 36.4 Å². The number of piperazine rings is 1. The second-order valence-electron chi connectivity index (χ2n) is 9.00. The number of benzene rings is 3. The molecule has 0 unspecified atom stereocenters. The molecule has 176 valence electrons. The molecule has 34 heavy (non-hydrogen) atoms. The van der Waals surface area contributed by atoms with Crippen LogP contribution >= 0.6 is 11.6 Å². The average Bonchev–Trinajstić information content (AvgIpc) is 3.69. The summed E-state index contributed by atoms with van der Waals surface area (Å²) in [4.78, 5) is 17.8. The quantitative estimate of drug-likeness (QED) is 0.503. The summed E-state index contributed by atoms with van der Waals surface area (Å²) in [5.74, 6) is -0.266. The first-order valence-electron chi connectivity index (χ1n) is 11.6. The molecule has 0 N–H and O–H groups in total. The van der Waals surface area contributed by atoms with Crippen LogP contribution in [0.3, 0.4) is 0 Å². The third kappa shape index (κ3) is 4.15. The van der Waals surface area contributed by atoms with E-state index in [4.69, 9.17) is 11.6 Å². The van der Waals surface area contributed by atoms with Crippen molar-refractivity contribution in [2.24, 2.45) is 0 Å². The largest absolute Gasteiger partial charge is 0.339 e. The molecule has 5 rings (SSSR count). The van der Waals surface area contributed by atoms with E-state index in [9.17, 15) is 13.2 Å². The van der Waals surface area contributed by atoms with E-state index >= 15 is 0 Å². The van der Waals surface area contributed by atoms with E-state index in [-0.39, 0.29) is 16.8 Å². The van der Waals surface area contributed by atoms with Gasteiger partial charge in [-0.2, -0.15) is 0 Å². The molecule has 1 heterocycles. The molecule has 5 nitrogen and oxygen atoms in total. The molecule has 3 aromatic rings. The van der Waals surface area contributed by atoms with Gasteiger partial charge in [-0.3, -0.25) is 9.69 Å². The van der Waals surface area contributed by atoms with Crippen LogP contribution in [0.4, 0.5) is 0 Å². The van der Waals surface area contributed by atoms with Gasteiger partial charge in [0, 0.05) is 31.2 Å². The molecule has 2 aliphatic rings. The van der Waals surface area contributed by atoms with Crippen LogP contribution in [0.2, 0.25) is 5.02 Å². The smallest absolute Gasteiger partial charge is 0.244 e. The Morgan fingerprint density at radius 3 is 1.74 bits per heavy atom. The van der Waals surface area contributed by atoms with E-state index in [1.165, 1.54) is 23.3 Å². The highest BCUT2D eigenvalue weighted by Gasteiger charge is 2.62. The fourth-order valence-corrected chi connectivity index (χ4v) is 6.98. The Balaban J connectivity index is 1.33. The van der Waals surface area contributed by atoms with Crippen LogP contribution in [0, 0.1) is 0 Å². The van der Waals surface area contributed by atoms with E-state index < -0.39 is 14.6 Å². The Labute approximate surface area is 205 Å². The second-order valence-corrected chi connectivity index (χ2v) is 11.7. The SMILES string of the molecule is O=C(N1CCN(C(c2ccccc2)c2ccccc2)CC1)C1(S(=O)(=O)c2ccc(Cl)cc2)CC1. The van der Waals surface area contributed by atoms with Crippen molar-refractivity contribution < 1.29 is 13.2 Å². The van der Waals surface area contributed by atoms with Gasteiger partial charge in [-0.25, -0.2) is 8.42 Å². The number of carbonyl (C=O) groups excluding carboxylic acids is 1. The lowest BCUT2D eigenvalue weighted by atomic mass is 9.96. The molecule has 0 aromatic heterocycles. The molecule has 0 atom stereocenters. The maximum absolute atomic E-state index is 13.5. The van der Waals surface area contributed by atoms with E-state index in [2.05, 4.69) is 29.2 Å². The lowest BCUT2D eigenvalue weighted by Crippen LogP contribution is -2.54. The molecule has 1 amide bonds. The molecule has 0 radical (unpaired) electrons.